The first kappa shape index (κ1) is 21.2. The normalized spacial score (nSPS) is 18.0. The molecular formula is C27H29FN6. The Bertz CT molecular complexity index is 1330. The zero-order chi connectivity index (χ0) is 23.1. The fourth-order valence-electron chi connectivity index (χ4n) is 5.55. The maximum absolute atomic E-state index is 14.1. The molecule has 0 atom stereocenters. The van der Waals surface area contributed by atoms with Crippen molar-refractivity contribution in [3.05, 3.63) is 66.2 Å². The Hall–Kier alpha value is -3.32. The van der Waals surface area contributed by atoms with Crippen molar-refractivity contribution in [3.8, 4) is 22.5 Å². The lowest BCUT2D eigenvalue weighted by atomic mass is 9.73. The fourth-order valence-corrected chi connectivity index (χ4v) is 5.55. The SMILES string of the molecule is Cc1cc(-c2c(-c3cccc(F)c3)nc3ccc(N4CCC5(CCCNC5)CC4)nn23)ccn1. The number of pyridine rings is 1. The van der Waals surface area contributed by atoms with Crippen LogP contribution in [0.5, 0.6) is 0 Å². The second kappa shape index (κ2) is 8.47. The van der Waals surface area contributed by atoms with Crippen molar-refractivity contribution in [1.29, 1.82) is 0 Å². The first-order chi connectivity index (χ1) is 16.6. The average molecular weight is 457 g/mol. The predicted molar refractivity (Wildman–Crippen MR) is 132 cm³/mol. The van der Waals surface area contributed by atoms with E-state index in [1.54, 1.807) is 12.3 Å². The highest BCUT2D eigenvalue weighted by molar-refractivity contribution is 5.81. The summed E-state index contributed by atoms with van der Waals surface area (Å²) in [5.41, 5.74) is 5.39. The smallest absolute Gasteiger partial charge is 0.155 e. The predicted octanol–water partition coefficient (Wildman–Crippen LogP) is 4.88. The van der Waals surface area contributed by atoms with Crippen LogP contribution in [-0.2, 0) is 0 Å². The molecule has 1 N–H and O–H groups in total. The zero-order valence-electron chi connectivity index (χ0n) is 19.5. The first-order valence-corrected chi connectivity index (χ1v) is 12.1. The van der Waals surface area contributed by atoms with Gasteiger partial charge >= 0.3 is 0 Å². The molecule has 174 valence electrons. The van der Waals surface area contributed by atoms with Crippen molar-refractivity contribution in [2.75, 3.05) is 31.1 Å². The molecule has 34 heavy (non-hydrogen) atoms. The fraction of sp³-hybridized carbons (Fsp3) is 0.370. The summed E-state index contributed by atoms with van der Waals surface area (Å²) in [6, 6.07) is 14.7. The highest BCUT2D eigenvalue weighted by atomic mass is 19.1. The van der Waals surface area contributed by atoms with Crippen molar-refractivity contribution in [2.24, 2.45) is 5.41 Å². The first-order valence-electron chi connectivity index (χ1n) is 12.1. The highest BCUT2D eigenvalue weighted by Crippen LogP contribution is 2.39. The Morgan fingerprint density at radius 1 is 1.00 bits per heavy atom. The second-order valence-corrected chi connectivity index (χ2v) is 9.73. The van der Waals surface area contributed by atoms with E-state index in [2.05, 4.69) is 21.3 Å². The molecule has 2 aliphatic rings. The van der Waals surface area contributed by atoms with Gasteiger partial charge in [-0.1, -0.05) is 12.1 Å². The van der Waals surface area contributed by atoms with Crippen molar-refractivity contribution in [2.45, 2.75) is 32.6 Å². The number of aromatic nitrogens is 4. The summed E-state index contributed by atoms with van der Waals surface area (Å²) in [6.07, 6.45) is 6.77. The van der Waals surface area contributed by atoms with Crippen LogP contribution in [0, 0.1) is 18.2 Å². The Labute approximate surface area is 198 Å². The molecule has 7 heteroatoms. The van der Waals surface area contributed by atoms with Gasteiger partial charge in [0, 0.05) is 42.7 Å². The van der Waals surface area contributed by atoms with Crippen LogP contribution >= 0.6 is 0 Å². The molecule has 0 bridgehead atoms. The van der Waals surface area contributed by atoms with Gasteiger partial charge in [0.05, 0.1) is 5.69 Å². The Morgan fingerprint density at radius 3 is 2.65 bits per heavy atom. The van der Waals surface area contributed by atoms with Crippen molar-refractivity contribution >= 4 is 11.5 Å². The quantitative estimate of drug-likeness (QED) is 0.476. The van der Waals surface area contributed by atoms with E-state index in [1.807, 2.05) is 35.7 Å². The van der Waals surface area contributed by atoms with Gasteiger partial charge < -0.3 is 10.2 Å². The van der Waals surface area contributed by atoms with Crippen LogP contribution in [0.15, 0.2) is 54.7 Å². The van der Waals surface area contributed by atoms with E-state index in [1.165, 1.54) is 37.8 Å². The second-order valence-electron chi connectivity index (χ2n) is 9.73. The van der Waals surface area contributed by atoms with Gasteiger partial charge in [-0.3, -0.25) is 4.98 Å². The number of aryl methyl sites for hydroxylation is 1. The van der Waals surface area contributed by atoms with Gasteiger partial charge in [0.2, 0.25) is 0 Å². The third kappa shape index (κ3) is 3.84. The van der Waals surface area contributed by atoms with Gasteiger partial charge in [-0.2, -0.15) is 0 Å². The van der Waals surface area contributed by atoms with E-state index in [4.69, 9.17) is 10.1 Å². The summed E-state index contributed by atoms with van der Waals surface area (Å²) >= 11 is 0. The molecule has 3 aromatic heterocycles. The van der Waals surface area contributed by atoms with Crippen molar-refractivity contribution < 1.29 is 4.39 Å². The standard InChI is InChI=1S/C27H29FN6/c1-19-16-21(8-13-30-19)26-25(20-4-2-5-22(28)17-20)31-23-6-7-24(32-34(23)26)33-14-10-27(11-15-33)9-3-12-29-18-27/h2,4-8,13,16-17,29H,3,9-12,14-15,18H2,1H3. The number of benzene rings is 1. The number of halogens is 1. The molecule has 0 amide bonds. The number of imidazole rings is 1. The Morgan fingerprint density at radius 2 is 1.88 bits per heavy atom. The molecule has 0 radical (unpaired) electrons. The van der Waals surface area contributed by atoms with E-state index >= 15 is 0 Å². The summed E-state index contributed by atoms with van der Waals surface area (Å²) in [4.78, 5) is 11.6. The molecule has 1 spiro atoms. The molecule has 1 aromatic carbocycles. The molecule has 2 fully saturated rings. The minimum Gasteiger partial charge on any atom is -0.355 e. The molecule has 6 rings (SSSR count). The van der Waals surface area contributed by atoms with Crippen molar-refractivity contribution in [3.63, 3.8) is 0 Å². The number of piperidine rings is 2. The van der Waals surface area contributed by atoms with Crippen LogP contribution in [0.3, 0.4) is 0 Å². The van der Waals surface area contributed by atoms with Crippen LogP contribution in [-0.4, -0.2) is 45.8 Å². The largest absolute Gasteiger partial charge is 0.355 e. The molecule has 0 saturated carbocycles. The van der Waals surface area contributed by atoms with Gasteiger partial charge in [-0.25, -0.2) is 13.9 Å². The molecular weight excluding hydrogens is 427 g/mol. The number of hydrogen-bond donors (Lipinski definition) is 1. The molecule has 2 saturated heterocycles. The molecule has 4 aromatic rings. The average Bonchev–Trinajstić information content (AvgIpc) is 3.24. The molecule has 2 aliphatic heterocycles. The zero-order valence-corrected chi connectivity index (χ0v) is 19.5. The third-order valence-corrected chi connectivity index (χ3v) is 7.44. The number of fused-ring (bicyclic) bond motifs is 1. The van der Waals surface area contributed by atoms with Gasteiger partial charge in [-0.05, 0) is 81.0 Å². The highest BCUT2D eigenvalue weighted by Gasteiger charge is 2.36. The van der Waals surface area contributed by atoms with E-state index in [0.29, 0.717) is 5.41 Å². The molecule has 6 nitrogen and oxygen atoms in total. The summed E-state index contributed by atoms with van der Waals surface area (Å²) in [5.74, 6) is 0.681. The topological polar surface area (TPSA) is 58.4 Å². The molecule has 5 heterocycles. The summed E-state index contributed by atoms with van der Waals surface area (Å²) in [5, 5.41) is 8.66. The molecule has 0 aliphatic carbocycles. The minimum atomic E-state index is -0.278. The van der Waals surface area contributed by atoms with E-state index in [-0.39, 0.29) is 5.82 Å². The number of rotatable bonds is 3. The number of nitrogens with one attached hydrogen (secondary N) is 1. The number of anilines is 1. The van der Waals surface area contributed by atoms with Gasteiger partial charge in [0.1, 0.15) is 17.3 Å². The van der Waals surface area contributed by atoms with Crippen molar-refractivity contribution in [1.82, 2.24) is 24.9 Å². The summed E-state index contributed by atoms with van der Waals surface area (Å²) < 4.78 is 16.0. The van der Waals surface area contributed by atoms with Crippen LogP contribution in [0.4, 0.5) is 10.2 Å². The summed E-state index contributed by atoms with van der Waals surface area (Å²) in [6.45, 7) is 6.27. The lowest BCUT2D eigenvalue weighted by molar-refractivity contribution is 0.161. The Balaban J connectivity index is 1.42. The number of nitrogens with zero attached hydrogens (tertiary/aromatic N) is 5. The van der Waals surface area contributed by atoms with Crippen LogP contribution in [0.1, 0.15) is 31.4 Å². The van der Waals surface area contributed by atoms with Crippen LogP contribution < -0.4 is 10.2 Å². The maximum atomic E-state index is 14.1. The number of hydrogen-bond acceptors (Lipinski definition) is 5. The van der Waals surface area contributed by atoms with E-state index < -0.39 is 0 Å². The van der Waals surface area contributed by atoms with Gasteiger partial charge in [0.25, 0.3) is 0 Å². The van der Waals surface area contributed by atoms with Crippen LogP contribution in [0.25, 0.3) is 28.2 Å². The maximum Gasteiger partial charge on any atom is 0.155 e. The minimum absolute atomic E-state index is 0.278. The monoisotopic (exact) mass is 456 g/mol. The van der Waals surface area contributed by atoms with E-state index in [9.17, 15) is 4.39 Å². The van der Waals surface area contributed by atoms with Crippen LogP contribution in [0.2, 0.25) is 0 Å². The lowest BCUT2D eigenvalue weighted by Gasteiger charge is -2.44. The van der Waals surface area contributed by atoms with Gasteiger partial charge in [-0.15, -0.1) is 5.10 Å². The summed E-state index contributed by atoms with van der Waals surface area (Å²) in [7, 11) is 0. The molecule has 0 unspecified atom stereocenters. The lowest BCUT2D eigenvalue weighted by Crippen LogP contribution is -2.48. The Kier molecular flexibility index (Phi) is 5.29. The van der Waals surface area contributed by atoms with Gasteiger partial charge in [0.15, 0.2) is 5.65 Å². The third-order valence-electron chi connectivity index (χ3n) is 7.44. The van der Waals surface area contributed by atoms with E-state index in [0.717, 1.165) is 65.9 Å².